The molecule has 5 heteroatoms. The molecule has 1 aromatic carbocycles. The van der Waals surface area contributed by atoms with Crippen LogP contribution in [0.3, 0.4) is 0 Å². The van der Waals surface area contributed by atoms with E-state index in [1.54, 1.807) is 24.3 Å². The predicted molar refractivity (Wildman–Crippen MR) is 46.7 cm³/mol. The van der Waals surface area contributed by atoms with E-state index < -0.39 is 11.1 Å². The van der Waals surface area contributed by atoms with Gasteiger partial charge >= 0.3 is 0 Å². The first kappa shape index (κ1) is 12.3. The van der Waals surface area contributed by atoms with Gasteiger partial charge in [-0.05, 0) is 12.1 Å². The van der Waals surface area contributed by atoms with E-state index in [2.05, 4.69) is 9.22 Å². The summed E-state index contributed by atoms with van der Waals surface area (Å²) in [4.78, 5) is 4.85. The molecule has 0 spiro atoms. The maximum absolute atomic E-state index is 11.0. The Bertz CT molecular complexity index is 240. The van der Waals surface area contributed by atoms with Crippen LogP contribution in [-0.2, 0) is 20.3 Å². The van der Waals surface area contributed by atoms with E-state index in [1.165, 1.54) is 7.11 Å². The van der Waals surface area contributed by atoms with Crippen molar-refractivity contribution in [3.05, 3.63) is 30.3 Å². The molecule has 0 aromatic heterocycles. The van der Waals surface area contributed by atoms with Crippen LogP contribution in [0.15, 0.2) is 35.2 Å². The quantitative estimate of drug-likeness (QED) is 0.408. The molecule has 0 saturated heterocycles. The van der Waals surface area contributed by atoms with E-state index in [9.17, 15) is 4.21 Å². The Kier molecular flexibility index (Phi) is 6.93. The van der Waals surface area contributed by atoms with Crippen molar-refractivity contribution in [2.45, 2.75) is 4.90 Å². The summed E-state index contributed by atoms with van der Waals surface area (Å²) in [7, 11) is 1.32. The molecule has 1 unspecified atom stereocenters. The molecule has 1 atom stereocenters. The zero-order valence-electron chi connectivity index (χ0n) is 7.02. The molecule has 0 aliphatic heterocycles. The van der Waals surface area contributed by atoms with Gasteiger partial charge in [-0.1, -0.05) is 18.2 Å². The van der Waals surface area contributed by atoms with Gasteiger partial charge in [-0.2, -0.15) is 0 Å². The van der Waals surface area contributed by atoms with Crippen LogP contribution in [0.4, 0.5) is 0 Å². The Morgan fingerprint density at radius 1 is 1.25 bits per heavy atom. The molecular weight excluding hydrogens is 187 g/mol. The van der Waals surface area contributed by atoms with E-state index in [4.69, 9.17) is 0 Å². The molecule has 0 saturated carbocycles. The van der Waals surface area contributed by atoms with Gasteiger partial charge in [0.2, 0.25) is 11.1 Å². The summed E-state index contributed by atoms with van der Waals surface area (Å²) in [6.07, 6.45) is 0. The van der Waals surface area contributed by atoms with Gasteiger partial charge in [-0.3, -0.25) is 0 Å². The maximum atomic E-state index is 11.0. The van der Waals surface area contributed by atoms with Gasteiger partial charge in [0.05, 0.1) is 12.0 Å². The zero-order valence-corrected chi connectivity index (χ0v) is 9.84. The molecule has 0 aliphatic carbocycles. The van der Waals surface area contributed by atoms with Crippen molar-refractivity contribution >= 4 is 40.6 Å². The predicted octanol–water partition coefficient (Wildman–Crippen LogP) is 0.906. The SMILES string of the molecule is COOS(=O)c1ccccc1.[Na]. The van der Waals surface area contributed by atoms with E-state index in [-0.39, 0.29) is 29.6 Å². The van der Waals surface area contributed by atoms with Gasteiger partial charge in [0.25, 0.3) is 0 Å². The molecule has 1 aromatic rings. The van der Waals surface area contributed by atoms with Gasteiger partial charge in [0.1, 0.15) is 0 Å². The first-order valence-corrected chi connectivity index (χ1v) is 4.10. The van der Waals surface area contributed by atoms with E-state index in [0.717, 1.165) is 0 Å². The standard InChI is InChI=1S/C7H8O3S.Na/c1-9-10-11(8)7-5-3-2-4-6-7;/h2-6H,1H3;. The van der Waals surface area contributed by atoms with Gasteiger partial charge in [-0.25, -0.2) is 9.10 Å². The van der Waals surface area contributed by atoms with Crippen molar-refractivity contribution in [3.8, 4) is 0 Å². The second-order valence-corrected chi connectivity index (χ2v) is 2.86. The third-order valence-electron chi connectivity index (χ3n) is 1.07. The fourth-order valence-electron chi connectivity index (χ4n) is 0.633. The molecule has 1 radical (unpaired) electrons. The Morgan fingerprint density at radius 2 is 1.83 bits per heavy atom. The fraction of sp³-hybridized carbons (Fsp3) is 0.143. The van der Waals surface area contributed by atoms with Crippen LogP contribution in [0.2, 0.25) is 0 Å². The molecular formula is C7H8NaO3S. The van der Waals surface area contributed by atoms with Gasteiger partial charge in [0, 0.05) is 29.6 Å². The minimum Gasteiger partial charge on any atom is -0.225 e. The Labute approximate surface area is 95.9 Å². The second kappa shape index (κ2) is 6.77. The molecule has 12 heavy (non-hydrogen) atoms. The summed E-state index contributed by atoms with van der Waals surface area (Å²) in [5, 5.41) is 0. The smallest absolute Gasteiger partial charge is 0.220 e. The molecule has 1 rings (SSSR count). The summed E-state index contributed by atoms with van der Waals surface area (Å²) < 4.78 is 15.4. The van der Waals surface area contributed by atoms with Crippen LogP contribution in [0.1, 0.15) is 0 Å². The summed E-state index contributed by atoms with van der Waals surface area (Å²) in [6, 6.07) is 8.82. The number of rotatable bonds is 3. The second-order valence-electron chi connectivity index (χ2n) is 1.78. The van der Waals surface area contributed by atoms with Crippen LogP contribution in [0, 0.1) is 0 Å². The average molecular weight is 195 g/mol. The Hall–Kier alpha value is 0.290. The monoisotopic (exact) mass is 195 g/mol. The molecule has 0 N–H and O–H groups in total. The molecule has 0 amide bonds. The average Bonchev–Trinajstić information content (AvgIpc) is 2.07. The van der Waals surface area contributed by atoms with Crippen LogP contribution < -0.4 is 0 Å². The van der Waals surface area contributed by atoms with Gasteiger partial charge in [0.15, 0.2) is 0 Å². The summed E-state index contributed by atoms with van der Waals surface area (Å²) >= 11 is -1.51. The van der Waals surface area contributed by atoms with Crippen LogP contribution in [0.25, 0.3) is 0 Å². The molecule has 0 bridgehead atoms. The Balaban J connectivity index is 0.00000121. The van der Waals surface area contributed by atoms with Crippen molar-refractivity contribution in [2.75, 3.05) is 7.11 Å². The topological polar surface area (TPSA) is 35.5 Å². The molecule has 3 nitrogen and oxygen atoms in total. The Morgan fingerprint density at radius 3 is 2.33 bits per heavy atom. The first-order valence-electron chi connectivity index (χ1n) is 3.02. The van der Waals surface area contributed by atoms with Crippen molar-refractivity contribution in [1.82, 2.24) is 0 Å². The fourth-order valence-corrected chi connectivity index (χ4v) is 1.21. The van der Waals surface area contributed by atoms with Crippen molar-refractivity contribution in [3.63, 3.8) is 0 Å². The summed E-state index contributed by atoms with van der Waals surface area (Å²) in [5.74, 6) is 0. The first-order chi connectivity index (χ1) is 5.34. The largest absolute Gasteiger partial charge is 0.225 e. The van der Waals surface area contributed by atoms with Crippen LogP contribution in [-0.4, -0.2) is 40.9 Å². The minimum atomic E-state index is -1.51. The third kappa shape index (κ3) is 3.80. The third-order valence-corrected chi connectivity index (χ3v) is 1.98. The number of hydrogen-bond acceptors (Lipinski definition) is 3. The van der Waals surface area contributed by atoms with Crippen molar-refractivity contribution in [2.24, 2.45) is 0 Å². The molecule has 61 valence electrons. The van der Waals surface area contributed by atoms with Crippen LogP contribution >= 0.6 is 0 Å². The molecule has 0 fully saturated rings. The minimum absolute atomic E-state index is 0. The van der Waals surface area contributed by atoms with E-state index in [1.807, 2.05) is 6.07 Å². The van der Waals surface area contributed by atoms with Crippen molar-refractivity contribution < 1.29 is 13.4 Å². The van der Waals surface area contributed by atoms with Crippen molar-refractivity contribution in [1.29, 1.82) is 0 Å². The molecule has 0 heterocycles. The van der Waals surface area contributed by atoms with Gasteiger partial charge < -0.3 is 0 Å². The normalized spacial score (nSPS) is 11.8. The van der Waals surface area contributed by atoms with E-state index in [0.29, 0.717) is 4.90 Å². The number of benzene rings is 1. The number of hydrogen-bond donors (Lipinski definition) is 0. The zero-order chi connectivity index (χ0) is 8.10. The van der Waals surface area contributed by atoms with Gasteiger partial charge in [-0.15, -0.1) is 4.33 Å². The molecule has 0 aliphatic rings. The van der Waals surface area contributed by atoms with E-state index >= 15 is 0 Å². The summed E-state index contributed by atoms with van der Waals surface area (Å²) in [6.45, 7) is 0. The maximum Gasteiger partial charge on any atom is 0.220 e. The summed E-state index contributed by atoms with van der Waals surface area (Å²) in [5.41, 5.74) is 0. The van der Waals surface area contributed by atoms with Crippen LogP contribution in [0.5, 0.6) is 0 Å².